The Morgan fingerprint density at radius 3 is 2.52 bits per heavy atom. The number of hydrogen-bond donors (Lipinski definition) is 1. The second kappa shape index (κ2) is 9.13. The number of nitrogens with one attached hydrogen (secondary N) is 1. The number of hydrogen-bond acceptors (Lipinski definition) is 5. The molecule has 1 aromatic heterocycles. The normalized spacial score (nSPS) is 12.6. The first kappa shape index (κ1) is 20.9. The summed E-state index contributed by atoms with van der Waals surface area (Å²) in [7, 11) is 0. The van der Waals surface area contributed by atoms with E-state index in [4.69, 9.17) is 4.42 Å². The van der Waals surface area contributed by atoms with Gasteiger partial charge in [0, 0.05) is 6.42 Å². The number of para-hydroxylation sites is 1. The summed E-state index contributed by atoms with van der Waals surface area (Å²) in [5.74, 6) is -0.130. The van der Waals surface area contributed by atoms with Crippen LogP contribution in [0, 0.1) is 0 Å². The third-order valence-electron chi connectivity index (χ3n) is 4.13. The van der Waals surface area contributed by atoms with Gasteiger partial charge in [-0.15, -0.1) is 10.2 Å². The third-order valence-corrected chi connectivity index (χ3v) is 4.95. The van der Waals surface area contributed by atoms with Gasteiger partial charge < -0.3 is 9.73 Å². The molecule has 1 atom stereocenters. The standard InChI is InChI=1S/C20H18F3N3O2S/c1-13(14-7-3-2-4-8-14)11-18-25-26-19(28-18)29-12-17(27)24-16-10-6-5-9-15(16)20(21,22)23/h2-10,13H,11-12H2,1H3,(H,24,27). The van der Waals surface area contributed by atoms with Gasteiger partial charge in [0.1, 0.15) is 0 Å². The highest BCUT2D eigenvalue weighted by atomic mass is 32.2. The van der Waals surface area contributed by atoms with Crippen LogP contribution in [0.5, 0.6) is 0 Å². The molecule has 3 aromatic rings. The van der Waals surface area contributed by atoms with Crippen LogP contribution in [0.1, 0.15) is 29.9 Å². The van der Waals surface area contributed by atoms with E-state index in [1.807, 2.05) is 37.3 Å². The van der Waals surface area contributed by atoms with Gasteiger partial charge in [-0.1, -0.05) is 61.2 Å². The molecule has 1 unspecified atom stereocenters. The lowest BCUT2D eigenvalue weighted by atomic mass is 9.98. The average molecular weight is 421 g/mol. The van der Waals surface area contributed by atoms with E-state index in [1.54, 1.807) is 0 Å². The van der Waals surface area contributed by atoms with Crippen molar-refractivity contribution in [1.29, 1.82) is 0 Å². The predicted molar refractivity (Wildman–Crippen MR) is 104 cm³/mol. The molecule has 3 rings (SSSR count). The number of carbonyl (C=O) groups is 1. The average Bonchev–Trinajstić information content (AvgIpc) is 3.14. The van der Waals surface area contributed by atoms with Crippen LogP contribution in [0.15, 0.2) is 64.2 Å². The molecule has 0 radical (unpaired) electrons. The smallest absolute Gasteiger partial charge is 0.416 e. The van der Waals surface area contributed by atoms with E-state index in [0.717, 1.165) is 23.4 Å². The number of halogens is 3. The lowest BCUT2D eigenvalue weighted by molar-refractivity contribution is -0.137. The fraction of sp³-hybridized carbons (Fsp3) is 0.250. The summed E-state index contributed by atoms with van der Waals surface area (Å²) >= 11 is 0.971. The monoisotopic (exact) mass is 421 g/mol. The van der Waals surface area contributed by atoms with E-state index in [9.17, 15) is 18.0 Å². The van der Waals surface area contributed by atoms with Gasteiger partial charge in [0.15, 0.2) is 0 Å². The Hall–Kier alpha value is -2.81. The van der Waals surface area contributed by atoms with Gasteiger partial charge in [0.05, 0.1) is 17.0 Å². The topological polar surface area (TPSA) is 68.0 Å². The van der Waals surface area contributed by atoms with Crippen molar-refractivity contribution in [2.75, 3.05) is 11.1 Å². The number of thioether (sulfide) groups is 1. The zero-order valence-corrected chi connectivity index (χ0v) is 16.3. The first-order chi connectivity index (χ1) is 13.8. The van der Waals surface area contributed by atoms with E-state index in [-0.39, 0.29) is 22.6 Å². The number of benzene rings is 2. The molecule has 29 heavy (non-hydrogen) atoms. The summed E-state index contributed by atoms with van der Waals surface area (Å²) in [6, 6.07) is 14.7. The van der Waals surface area contributed by atoms with E-state index in [2.05, 4.69) is 15.5 Å². The van der Waals surface area contributed by atoms with E-state index in [0.29, 0.717) is 12.3 Å². The van der Waals surface area contributed by atoms with Crippen molar-refractivity contribution in [2.24, 2.45) is 0 Å². The van der Waals surface area contributed by atoms with Crippen LogP contribution in [0.3, 0.4) is 0 Å². The number of aromatic nitrogens is 2. The Bertz CT molecular complexity index is 961. The molecule has 1 heterocycles. The van der Waals surface area contributed by atoms with Gasteiger partial charge in [0.2, 0.25) is 11.8 Å². The molecule has 152 valence electrons. The molecule has 1 N–H and O–H groups in total. The van der Waals surface area contributed by atoms with Gasteiger partial charge in [-0.3, -0.25) is 4.79 Å². The van der Waals surface area contributed by atoms with E-state index < -0.39 is 17.6 Å². The van der Waals surface area contributed by atoms with Crippen LogP contribution >= 0.6 is 11.8 Å². The summed E-state index contributed by atoms with van der Waals surface area (Å²) < 4.78 is 44.5. The summed E-state index contributed by atoms with van der Waals surface area (Å²) in [5.41, 5.74) is -0.0376. The maximum absolute atomic E-state index is 13.0. The van der Waals surface area contributed by atoms with Gasteiger partial charge >= 0.3 is 6.18 Å². The highest BCUT2D eigenvalue weighted by Crippen LogP contribution is 2.34. The highest BCUT2D eigenvalue weighted by Gasteiger charge is 2.33. The van der Waals surface area contributed by atoms with Gasteiger partial charge in [-0.05, 0) is 23.6 Å². The molecule has 5 nitrogen and oxygen atoms in total. The maximum atomic E-state index is 13.0. The number of amides is 1. The van der Waals surface area contributed by atoms with Crippen molar-refractivity contribution in [3.05, 3.63) is 71.6 Å². The first-order valence-corrected chi connectivity index (χ1v) is 9.77. The molecule has 0 fully saturated rings. The third kappa shape index (κ3) is 5.83. The van der Waals surface area contributed by atoms with Crippen molar-refractivity contribution in [2.45, 2.75) is 30.7 Å². The minimum absolute atomic E-state index is 0.151. The first-order valence-electron chi connectivity index (χ1n) is 8.79. The fourth-order valence-corrected chi connectivity index (χ4v) is 3.27. The van der Waals surface area contributed by atoms with Crippen LogP contribution in [-0.4, -0.2) is 21.9 Å². The van der Waals surface area contributed by atoms with Crippen molar-refractivity contribution in [3.63, 3.8) is 0 Å². The van der Waals surface area contributed by atoms with Crippen LogP contribution < -0.4 is 5.32 Å². The summed E-state index contributed by atoms with van der Waals surface area (Å²) in [6.45, 7) is 2.04. The second-order valence-corrected chi connectivity index (χ2v) is 7.28. The van der Waals surface area contributed by atoms with Crippen LogP contribution in [0.2, 0.25) is 0 Å². The molecular formula is C20H18F3N3O2S. The van der Waals surface area contributed by atoms with Crippen LogP contribution in [0.25, 0.3) is 0 Å². The summed E-state index contributed by atoms with van der Waals surface area (Å²) in [6.07, 6.45) is -4.00. The number of anilines is 1. The Morgan fingerprint density at radius 1 is 1.10 bits per heavy atom. The molecule has 0 bridgehead atoms. The van der Waals surface area contributed by atoms with Crippen LogP contribution in [-0.2, 0) is 17.4 Å². The molecule has 2 aromatic carbocycles. The zero-order chi connectivity index (χ0) is 20.9. The SMILES string of the molecule is CC(Cc1nnc(SCC(=O)Nc2ccccc2C(F)(F)F)o1)c1ccccc1. The zero-order valence-electron chi connectivity index (χ0n) is 15.4. The van der Waals surface area contributed by atoms with Crippen molar-refractivity contribution >= 4 is 23.4 Å². The number of rotatable bonds is 7. The Morgan fingerprint density at radius 2 is 1.79 bits per heavy atom. The van der Waals surface area contributed by atoms with Crippen molar-refractivity contribution in [3.8, 4) is 0 Å². The van der Waals surface area contributed by atoms with E-state index >= 15 is 0 Å². The highest BCUT2D eigenvalue weighted by molar-refractivity contribution is 7.99. The second-order valence-electron chi connectivity index (χ2n) is 6.36. The number of carbonyl (C=O) groups excluding carboxylic acids is 1. The molecule has 0 spiro atoms. The minimum atomic E-state index is -4.55. The Kier molecular flexibility index (Phi) is 6.58. The molecular weight excluding hydrogens is 403 g/mol. The Labute approximate surface area is 169 Å². The number of alkyl halides is 3. The molecule has 0 saturated carbocycles. The van der Waals surface area contributed by atoms with Crippen LogP contribution in [0.4, 0.5) is 18.9 Å². The lowest BCUT2D eigenvalue weighted by Crippen LogP contribution is -2.18. The lowest BCUT2D eigenvalue weighted by Gasteiger charge is -2.13. The Balaban J connectivity index is 1.54. The molecule has 9 heteroatoms. The maximum Gasteiger partial charge on any atom is 0.418 e. The van der Waals surface area contributed by atoms with Gasteiger partial charge in [-0.2, -0.15) is 13.2 Å². The quantitative estimate of drug-likeness (QED) is 0.534. The summed E-state index contributed by atoms with van der Waals surface area (Å²) in [5, 5.41) is 10.3. The number of nitrogens with zero attached hydrogens (tertiary/aromatic N) is 2. The van der Waals surface area contributed by atoms with Crippen molar-refractivity contribution < 1.29 is 22.4 Å². The summed E-state index contributed by atoms with van der Waals surface area (Å²) in [4.78, 5) is 12.0. The molecule has 0 aliphatic heterocycles. The van der Waals surface area contributed by atoms with Gasteiger partial charge in [-0.25, -0.2) is 0 Å². The van der Waals surface area contributed by atoms with E-state index in [1.165, 1.54) is 18.2 Å². The fourth-order valence-electron chi connectivity index (χ4n) is 2.69. The van der Waals surface area contributed by atoms with Gasteiger partial charge in [0.25, 0.3) is 5.22 Å². The minimum Gasteiger partial charge on any atom is -0.416 e. The molecule has 0 aliphatic rings. The predicted octanol–water partition coefficient (Wildman–Crippen LogP) is 5.17. The van der Waals surface area contributed by atoms with Crippen molar-refractivity contribution in [1.82, 2.24) is 10.2 Å². The molecule has 0 saturated heterocycles. The molecule has 0 aliphatic carbocycles. The molecule has 1 amide bonds. The largest absolute Gasteiger partial charge is 0.418 e.